The number of nitrogens with two attached hydrogens (primary N) is 1. The lowest BCUT2D eigenvalue weighted by Crippen LogP contribution is -2.64. The van der Waals surface area contributed by atoms with E-state index in [0.717, 1.165) is 0 Å². The van der Waals surface area contributed by atoms with Gasteiger partial charge in [-0.3, -0.25) is 14.4 Å². The lowest BCUT2D eigenvalue weighted by molar-refractivity contribution is -0.177. The fourth-order valence-corrected chi connectivity index (χ4v) is 5.82. The maximum atomic E-state index is 13.2. The Kier molecular flexibility index (Phi) is 10.0. The van der Waals surface area contributed by atoms with E-state index >= 15 is 0 Å². The molecule has 3 N–H and O–H groups in total. The summed E-state index contributed by atoms with van der Waals surface area (Å²) in [4.78, 5) is 63.4. The van der Waals surface area contributed by atoms with E-state index in [-0.39, 0.29) is 48.1 Å². The number of hydrogen-bond acceptors (Lipinski definition) is 11. The average Bonchev–Trinajstić information content (AvgIpc) is 3.26. The third kappa shape index (κ3) is 6.24. The van der Waals surface area contributed by atoms with Crippen LogP contribution in [0.4, 0.5) is 4.79 Å². The Morgan fingerprint density at radius 2 is 1.78 bits per heavy atom. The average molecular weight is 550 g/mol. The highest BCUT2D eigenvalue weighted by Crippen LogP contribution is 2.52. The van der Waals surface area contributed by atoms with Crippen LogP contribution in [0.5, 0.6) is 0 Å². The minimum absolute atomic E-state index is 0. The second-order valence-electron chi connectivity index (χ2n) is 8.88. The number of fused-ring (bicyclic) bond motifs is 1. The number of halogens is 1. The molecule has 0 aromatic rings. The van der Waals surface area contributed by atoms with Crippen LogP contribution in [0, 0.1) is 11.8 Å². The van der Waals surface area contributed by atoms with Crippen molar-refractivity contribution in [3.05, 3.63) is 10.6 Å². The molecule has 0 saturated carbocycles. The molecule has 14 heteroatoms. The second kappa shape index (κ2) is 12.2. The maximum Gasteiger partial charge on any atom is 0.511 e. The molecule has 3 rings (SSSR count). The number of esters is 2. The van der Waals surface area contributed by atoms with Gasteiger partial charge in [0.05, 0.1) is 24.6 Å². The normalized spacial score (nSPS) is 26.4. The number of nitrogens with one attached hydrogen (secondary N) is 1. The van der Waals surface area contributed by atoms with Crippen LogP contribution >= 0.6 is 24.2 Å². The highest BCUT2D eigenvalue weighted by molar-refractivity contribution is 8.03. The van der Waals surface area contributed by atoms with Gasteiger partial charge in [-0.05, 0) is 20.8 Å². The summed E-state index contributed by atoms with van der Waals surface area (Å²) >= 11 is 1.34. The number of ether oxygens (including phenoxy) is 4. The van der Waals surface area contributed by atoms with Crippen LogP contribution in [0.3, 0.4) is 0 Å². The molecule has 0 aromatic heterocycles. The predicted octanol–water partition coefficient (Wildman–Crippen LogP) is 1.06. The number of β-lactam (4-membered cyclic amide) rings is 1. The molecule has 6 atom stereocenters. The SMILES string of the molecule is CC(C)OC(=O)OC(C)OC(=O)C1=C(SC2CNC(=O)C2)[C@H](C)C2C([C@@H](C)OC(=O)CN)C(=O)N12.Cl. The fourth-order valence-electron chi connectivity index (χ4n) is 4.41. The molecule has 2 saturated heterocycles. The van der Waals surface area contributed by atoms with Crippen molar-refractivity contribution in [2.45, 2.75) is 70.8 Å². The van der Waals surface area contributed by atoms with E-state index < -0.39 is 54.5 Å². The maximum absolute atomic E-state index is 13.2. The first-order valence-electron chi connectivity index (χ1n) is 11.4. The number of nitrogens with zero attached hydrogens (tertiary/aromatic N) is 1. The van der Waals surface area contributed by atoms with E-state index in [9.17, 15) is 24.0 Å². The van der Waals surface area contributed by atoms with E-state index in [4.69, 9.17) is 24.7 Å². The predicted molar refractivity (Wildman–Crippen MR) is 129 cm³/mol. The first-order valence-corrected chi connectivity index (χ1v) is 12.3. The summed E-state index contributed by atoms with van der Waals surface area (Å²) in [6.45, 7) is 8.23. The Hall–Kier alpha value is -2.51. The molecule has 2 amide bonds. The molecule has 3 heterocycles. The van der Waals surface area contributed by atoms with Gasteiger partial charge in [-0.25, -0.2) is 9.59 Å². The minimum Gasteiger partial charge on any atom is -0.461 e. The van der Waals surface area contributed by atoms with Gasteiger partial charge in [-0.15, -0.1) is 24.2 Å². The van der Waals surface area contributed by atoms with Crippen molar-refractivity contribution in [1.29, 1.82) is 0 Å². The zero-order valence-electron chi connectivity index (χ0n) is 20.7. The molecule has 3 aliphatic rings. The van der Waals surface area contributed by atoms with Crippen molar-refractivity contribution in [2.75, 3.05) is 13.1 Å². The molecule has 0 radical (unpaired) electrons. The third-order valence-electron chi connectivity index (χ3n) is 5.87. The molecule has 36 heavy (non-hydrogen) atoms. The Morgan fingerprint density at radius 1 is 1.11 bits per heavy atom. The Labute approximate surface area is 219 Å². The zero-order chi connectivity index (χ0) is 26.0. The Bertz CT molecular complexity index is 944. The zero-order valence-corrected chi connectivity index (χ0v) is 22.3. The lowest BCUT2D eigenvalue weighted by Gasteiger charge is -2.47. The largest absolute Gasteiger partial charge is 0.511 e. The van der Waals surface area contributed by atoms with Crippen LogP contribution in [0.1, 0.15) is 41.0 Å². The molecule has 4 unspecified atom stereocenters. The van der Waals surface area contributed by atoms with Gasteiger partial charge in [0.2, 0.25) is 18.1 Å². The first-order chi connectivity index (χ1) is 16.4. The van der Waals surface area contributed by atoms with E-state index in [2.05, 4.69) is 5.32 Å². The van der Waals surface area contributed by atoms with Gasteiger partial charge >= 0.3 is 18.1 Å². The standard InChI is InChI=1S/C22H31N3O9S.ClH/c1-9(2)31-22(30)34-12(5)33-21(29)18-19(35-13-6-14(26)24-8-13)10(3)17-16(20(28)25(17)18)11(4)32-15(27)7-23;/h9-13,16-17H,6-8,23H2,1-5H3,(H,24,26);1H/t10-,11-,12?,13?,16?,17?;/m1./s1. The summed E-state index contributed by atoms with van der Waals surface area (Å²) in [5.41, 5.74) is 5.36. The molecular formula is C22H32ClN3O9S. The molecule has 2 fully saturated rings. The summed E-state index contributed by atoms with van der Waals surface area (Å²) in [6.07, 6.45) is -3.15. The van der Waals surface area contributed by atoms with Crippen LogP contribution in [-0.4, -0.2) is 77.7 Å². The van der Waals surface area contributed by atoms with Crippen LogP contribution in [0.15, 0.2) is 10.6 Å². The van der Waals surface area contributed by atoms with Crippen molar-refractivity contribution in [2.24, 2.45) is 17.6 Å². The molecule has 3 aliphatic heterocycles. The molecule has 202 valence electrons. The molecule has 0 aromatic carbocycles. The lowest BCUT2D eigenvalue weighted by atomic mass is 9.79. The van der Waals surface area contributed by atoms with Crippen LogP contribution < -0.4 is 11.1 Å². The van der Waals surface area contributed by atoms with Gasteiger partial charge in [0.15, 0.2) is 0 Å². The molecule has 0 spiro atoms. The molecule has 0 bridgehead atoms. The van der Waals surface area contributed by atoms with Crippen molar-refractivity contribution in [3.63, 3.8) is 0 Å². The summed E-state index contributed by atoms with van der Waals surface area (Å²) in [7, 11) is 0. The number of hydrogen-bond donors (Lipinski definition) is 2. The van der Waals surface area contributed by atoms with Gasteiger partial charge in [-0.2, -0.15) is 0 Å². The topological polar surface area (TPSA) is 164 Å². The summed E-state index contributed by atoms with van der Waals surface area (Å²) in [6, 6.07) is -0.444. The smallest absolute Gasteiger partial charge is 0.461 e. The minimum atomic E-state index is -1.27. The summed E-state index contributed by atoms with van der Waals surface area (Å²) < 4.78 is 20.4. The van der Waals surface area contributed by atoms with Gasteiger partial charge in [0.1, 0.15) is 11.8 Å². The van der Waals surface area contributed by atoms with E-state index in [1.165, 1.54) is 23.6 Å². The van der Waals surface area contributed by atoms with Gasteiger partial charge in [0, 0.05) is 36.0 Å². The van der Waals surface area contributed by atoms with E-state index in [1.54, 1.807) is 20.8 Å². The number of carbonyl (C=O) groups excluding carboxylic acids is 5. The van der Waals surface area contributed by atoms with E-state index in [0.29, 0.717) is 11.4 Å². The Balaban J connectivity index is 0.00000456. The van der Waals surface area contributed by atoms with Crippen LogP contribution in [0.2, 0.25) is 0 Å². The van der Waals surface area contributed by atoms with Gasteiger partial charge in [-0.1, -0.05) is 6.92 Å². The van der Waals surface area contributed by atoms with Crippen LogP contribution in [-0.2, 0) is 38.1 Å². The number of carbonyl (C=O) groups is 5. The number of thioether (sulfide) groups is 1. The van der Waals surface area contributed by atoms with Crippen molar-refractivity contribution < 1.29 is 42.9 Å². The highest BCUT2D eigenvalue weighted by Gasteiger charge is 2.61. The van der Waals surface area contributed by atoms with Gasteiger partial charge in [0.25, 0.3) is 0 Å². The van der Waals surface area contributed by atoms with Gasteiger partial charge < -0.3 is 34.9 Å². The summed E-state index contributed by atoms with van der Waals surface area (Å²) in [5.74, 6) is -2.92. The van der Waals surface area contributed by atoms with Crippen molar-refractivity contribution in [3.8, 4) is 0 Å². The number of amides is 2. The van der Waals surface area contributed by atoms with Crippen LogP contribution in [0.25, 0.3) is 0 Å². The van der Waals surface area contributed by atoms with Crippen molar-refractivity contribution in [1.82, 2.24) is 10.2 Å². The first kappa shape index (κ1) is 29.7. The summed E-state index contributed by atoms with van der Waals surface area (Å²) in [5, 5.41) is 2.63. The molecule has 12 nitrogen and oxygen atoms in total. The highest BCUT2D eigenvalue weighted by atomic mass is 35.5. The van der Waals surface area contributed by atoms with E-state index in [1.807, 2.05) is 6.92 Å². The molecule has 0 aliphatic carbocycles. The molecular weight excluding hydrogens is 518 g/mol. The second-order valence-corrected chi connectivity index (χ2v) is 10.2. The monoisotopic (exact) mass is 549 g/mol. The Morgan fingerprint density at radius 3 is 2.33 bits per heavy atom. The van der Waals surface area contributed by atoms with Crippen molar-refractivity contribution >= 4 is 54.1 Å². The third-order valence-corrected chi connectivity index (χ3v) is 7.36. The quantitative estimate of drug-likeness (QED) is 0.183. The fraction of sp³-hybridized carbons (Fsp3) is 0.682. The number of rotatable bonds is 9.